The Hall–Kier alpha value is -0.510. The van der Waals surface area contributed by atoms with Gasteiger partial charge in [0.1, 0.15) is 0 Å². The molecule has 0 fully saturated rings. The molecule has 1 aromatic rings. The third kappa shape index (κ3) is 6.96. The third-order valence-electron chi connectivity index (χ3n) is 5.42. The highest BCUT2D eigenvalue weighted by Crippen LogP contribution is 2.32. The average molecular weight is 364 g/mol. The van der Waals surface area contributed by atoms with Crippen LogP contribution in [-0.4, -0.2) is 36.3 Å². The fraction of sp³-hybridized carbons (Fsp3) is 0.727. The normalized spacial score (nSPS) is 18.4. The first-order valence-corrected chi connectivity index (χ1v) is 11.2. The number of aliphatic hydroxyl groups excluding tert-OH is 1. The lowest BCUT2D eigenvalue weighted by Crippen LogP contribution is -2.19. The summed E-state index contributed by atoms with van der Waals surface area (Å²) in [5, 5.41) is 13.1. The summed E-state index contributed by atoms with van der Waals surface area (Å²) in [7, 11) is 2.04. The van der Waals surface area contributed by atoms with Crippen molar-refractivity contribution in [2.75, 3.05) is 26.0 Å². The maximum absolute atomic E-state index is 9.04. The summed E-state index contributed by atoms with van der Waals surface area (Å²) in [6.07, 6.45) is 8.44. The van der Waals surface area contributed by atoms with Crippen LogP contribution in [-0.2, 0) is 12.8 Å². The number of rotatable bonds is 11. The van der Waals surface area contributed by atoms with Crippen LogP contribution in [0.15, 0.2) is 18.2 Å². The van der Waals surface area contributed by atoms with Crippen LogP contribution in [0.3, 0.4) is 0 Å². The fourth-order valence-corrected chi connectivity index (χ4v) is 4.90. The van der Waals surface area contributed by atoms with Crippen LogP contribution in [0.4, 0.5) is 0 Å². The second-order valence-corrected chi connectivity index (χ2v) is 9.50. The Bertz CT molecular complexity index is 503. The van der Waals surface area contributed by atoms with Gasteiger partial charge in [-0.05, 0) is 85.1 Å². The van der Waals surface area contributed by atoms with E-state index in [1.54, 1.807) is 11.1 Å². The number of fused-ring (bicyclic) bond motifs is 1. The molecule has 2 rings (SSSR count). The zero-order valence-corrected chi connectivity index (χ0v) is 17.2. The summed E-state index contributed by atoms with van der Waals surface area (Å²) in [4.78, 5) is 0. The van der Waals surface area contributed by atoms with Crippen LogP contribution in [0.2, 0.25) is 0 Å². The third-order valence-corrected chi connectivity index (χ3v) is 6.56. The minimum Gasteiger partial charge on any atom is -0.396 e. The van der Waals surface area contributed by atoms with Crippen LogP contribution in [0.5, 0.6) is 0 Å². The molecule has 0 unspecified atom stereocenters. The molecule has 0 spiro atoms. The number of benzene rings is 1. The molecule has 142 valence electrons. The van der Waals surface area contributed by atoms with Crippen LogP contribution in [0.1, 0.15) is 68.6 Å². The molecule has 25 heavy (non-hydrogen) atoms. The van der Waals surface area contributed by atoms with E-state index < -0.39 is 0 Å². The highest BCUT2D eigenvalue weighted by Gasteiger charge is 2.20. The van der Waals surface area contributed by atoms with Crippen molar-refractivity contribution in [1.82, 2.24) is 5.32 Å². The Kier molecular flexibility index (Phi) is 9.36. The first-order chi connectivity index (χ1) is 12.1. The van der Waals surface area contributed by atoms with Gasteiger partial charge in [0.05, 0.1) is 0 Å². The number of hydrogen-bond donors (Lipinski definition) is 2. The van der Waals surface area contributed by atoms with Crippen LogP contribution in [0, 0.1) is 5.92 Å². The molecule has 2 atom stereocenters. The average Bonchev–Trinajstić information content (AvgIpc) is 2.60. The Labute approximate surface area is 159 Å². The predicted octanol–water partition coefficient (Wildman–Crippen LogP) is 4.79. The van der Waals surface area contributed by atoms with Crippen molar-refractivity contribution in [2.24, 2.45) is 5.92 Å². The van der Waals surface area contributed by atoms with Crippen molar-refractivity contribution in [3.8, 4) is 0 Å². The second kappa shape index (κ2) is 11.3. The van der Waals surface area contributed by atoms with Crippen molar-refractivity contribution < 1.29 is 5.11 Å². The van der Waals surface area contributed by atoms with Gasteiger partial charge in [-0.3, -0.25) is 0 Å². The van der Waals surface area contributed by atoms with Crippen LogP contribution < -0.4 is 5.32 Å². The maximum atomic E-state index is 9.04. The molecule has 0 saturated carbocycles. The summed E-state index contributed by atoms with van der Waals surface area (Å²) in [5.41, 5.74) is 4.67. The lowest BCUT2D eigenvalue weighted by atomic mass is 9.80. The molecule has 2 N–H and O–H groups in total. The molecular formula is C22H37NOS. The Morgan fingerprint density at radius 3 is 2.80 bits per heavy atom. The molecule has 1 aromatic carbocycles. The van der Waals surface area contributed by atoms with Crippen molar-refractivity contribution in [2.45, 2.75) is 70.0 Å². The van der Waals surface area contributed by atoms with Crippen molar-refractivity contribution in [1.29, 1.82) is 0 Å². The van der Waals surface area contributed by atoms with Crippen molar-refractivity contribution >= 4 is 11.8 Å². The SMILES string of the molecule is CNC[C@H](CCCCO)c1ccc2c(c1)CC[C@@H](CCSC(C)C)C2. The summed E-state index contributed by atoms with van der Waals surface area (Å²) in [5.74, 6) is 2.76. The lowest BCUT2D eigenvalue weighted by Gasteiger charge is -2.26. The maximum Gasteiger partial charge on any atom is 0.0431 e. The first-order valence-electron chi connectivity index (χ1n) is 10.1. The fourth-order valence-electron chi connectivity index (χ4n) is 3.96. The standard InChI is InChI=1S/C22H37NOS/c1-17(2)25-13-11-18-7-8-20-15-21(10-9-19(20)14-18)22(16-23-3)6-4-5-12-24/h9-10,15,17-18,22-24H,4-8,11-14,16H2,1-3H3/t18-,22-/m0/s1. The molecule has 2 nitrogen and oxygen atoms in total. The van der Waals surface area contributed by atoms with Gasteiger partial charge in [-0.15, -0.1) is 0 Å². The second-order valence-electron chi connectivity index (χ2n) is 7.82. The number of aliphatic hydroxyl groups is 1. The van der Waals surface area contributed by atoms with Crippen LogP contribution >= 0.6 is 11.8 Å². The Morgan fingerprint density at radius 1 is 1.24 bits per heavy atom. The number of thioether (sulfide) groups is 1. The molecule has 1 aliphatic carbocycles. The molecule has 0 radical (unpaired) electrons. The summed E-state index contributed by atoms with van der Waals surface area (Å²) < 4.78 is 0. The minimum absolute atomic E-state index is 0.312. The Morgan fingerprint density at radius 2 is 2.08 bits per heavy atom. The zero-order valence-electron chi connectivity index (χ0n) is 16.4. The van der Waals surface area contributed by atoms with E-state index in [4.69, 9.17) is 5.11 Å². The molecule has 0 bridgehead atoms. The molecule has 0 aromatic heterocycles. The number of unbranched alkanes of at least 4 members (excludes halogenated alkanes) is 1. The molecule has 0 amide bonds. The topological polar surface area (TPSA) is 32.3 Å². The van der Waals surface area contributed by atoms with E-state index in [2.05, 4.69) is 49.1 Å². The van der Waals surface area contributed by atoms with Gasteiger partial charge < -0.3 is 10.4 Å². The first kappa shape index (κ1) is 20.8. The van der Waals surface area contributed by atoms with Gasteiger partial charge >= 0.3 is 0 Å². The van der Waals surface area contributed by atoms with Crippen molar-refractivity contribution in [3.63, 3.8) is 0 Å². The number of hydrogen-bond acceptors (Lipinski definition) is 3. The van der Waals surface area contributed by atoms with Gasteiger partial charge in [0, 0.05) is 13.2 Å². The zero-order chi connectivity index (χ0) is 18.1. The van der Waals surface area contributed by atoms with Gasteiger partial charge in [0.25, 0.3) is 0 Å². The van der Waals surface area contributed by atoms with Gasteiger partial charge in [0.15, 0.2) is 0 Å². The van der Waals surface area contributed by atoms with E-state index in [1.165, 1.54) is 37.0 Å². The lowest BCUT2D eigenvalue weighted by molar-refractivity contribution is 0.281. The number of likely N-dealkylation sites (N-methyl/N-ethyl adjacent to an activating group) is 1. The number of aryl methyl sites for hydroxylation is 1. The van der Waals surface area contributed by atoms with Gasteiger partial charge in [0.2, 0.25) is 0 Å². The van der Waals surface area contributed by atoms with Crippen molar-refractivity contribution in [3.05, 3.63) is 34.9 Å². The van der Waals surface area contributed by atoms with E-state index >= 15 is 0 Å². The van der Waals surface area contributed by atoms with E-state index in [1.807, 2.05) is 7.05 Å². The highest BCUT2D eigenvalue weighted by atomic mass is 32.2. The van der Waals surface area contributed by atoms with E-state index in [0.29, 0.717) is 12.5 Å². The van der Waals surface area contributed by atoms with E-state index in [0.717, 1.165) is 37.0 Å². The smallest absolute Gasteiger partial charge is 0.0431 e. The summed E-state index contributed by atoms with van der Waals surface area (Å²) in [6.45, 7) is 5.93. The molecule has 1 aliphatic rings. The molecule has 0 aliphatic heterocycles. The Balaban J connectivity index is 1.95. The monoisotopic (exact) mass is 363 g/mol. The molecule has 0 saturated heterocycles. The predicted molar refractivity (Wildman–Crippen MR) is 112 cm³/mol. The molecule has 0 heterocycles. The van der Waals surface area contributed by atoms with Gasteiger partial charge in [-0.2, -0.15) is 11.8 Å². The number of nitrogens with one attached hydrogen (secondary N) is 1. The molecule has 3 heteroatoms. The van der Waals surface area contributed by atoms with Gasteiger partial charge in [-0.1, -0.05) is 38.5 Å². The summed E-state index contributed by atoms with van der Waals surface area (Å²) >= 11 is 2.10. The highest BCUT2D eigenvalue weighted by molar-refractivity contribution is 7.99. The minimum atomic E-state index is 0.312. The quantitative estimate of drug-likeness (QED) is 0.555. The largest absolute Gasteiger partial charge is 0.396 e. The van der Waals surface area contributed by atoms with E-state index in [9.17, 15) is 0 Å². The molecular weight excluding hydrogens is 326 g/mol. The van der Waals surface area contributed by atoms with Gasteiger partial charge in [-0.25, -0.2) is 0 Å². The van der Waals surface area contributed by atoms with Crippen LogP contribution in [0.25, 0.3) is 0 Å². The van der Waals surface area contributed by atoms with E-state index in [-0.39, 0.29) is 0 Å². The summed E-state index contributed by atoms with van der Waals surface area (Å²) in [6, 6.07) is 7.25.